The molecule has 1 saturated heterocycles. The monoisotopic (exact) mass is 346 g/mol. The quantitative estimate of drug-likeness (QED) is 0.717. The molecule has 2 N–H and O–H groups in total. The molecule has 1 aromatic rings. The number of ether oxygens (including phenoxy) is 1. The molecule has 2 rings (SSSR count). The zero-order chi connectivity index (χ0) is 18.1. The van der Waals surface area contributed by atoms with Crippen molar-refractivity contribution in [3.8, 4) is 5.75 Å². The van der Waals surface area contributed by atoms with Crippen LogP contribution in [-0.4, -0.2) is 31.1 Å². The van der Waals surface area contributed by atoms with Crippen LogP contribution < -0.4 is 15.4 Å². The average Bonchev–Trinajstić information content (AvgIpc) is 2.60. The highest BCUT2D eigenvalue weighted by Crippen LogP contribution is 2.18. The Balaban J connectivity index is 1.63. The first-order valence-electron chi connectivity index (χ1n) is 9.78. The van der Waals surface area contributed by atoms with Crippen LogP contribution in [0, 0.1) is 5.92 Å². The Labute approximate surface area is 152 Å². The standard InChI is InChI=1S/C21H34N2O2/c1-16(2)25-20-9-6-18(7-10-20)5-4-17(3)23-21(24)11-8-19-12-14-22-15-13-19/h6-7,9-10,16-17,19,22H,4-5,8,11-15H2,1-3H3,(H,23,24). The van der Waals surface area contributed by atoms with Gasteiger partial charge in [0.05, 0.1) is 6.10 Å². The highest BCUT2D eigenvalue weighted by Gasteiger charge is 2.15. The van der Waals surface area contributed by atoms with Crippen molar-refractivity contribution in [1.29, 1.82) is 0 Å². The van der Waals surface area contributed by atoms with E-state index in [1.807, 2.05) is 26.0 Å². The molecule has 0 radical (unpaired) electrons. The number of amides is 1. The second-order valence-corrected chi connectivity index (χ2v) is 7.55. The molecule has 1 aliphatic rings. The lowest BCUT2D eigenvalue weighted by Crippen LogP contribution is -2.34. The molecule has 140 valence electrons. The minimum absolute atomic E-state index is 0.200. The Bertz CT molecular complexity index is 507. The van der Waals surface area contributed by atoms with Crippen molar-refractivity contribution in [3.63, 3.8) is 0 Å². The number of aryl methyl sites for hydroxylation is 1. The zero-order valence-corrected chi connectivity index (χ0v) is 16.0. The van der Waals surface area contributed by atoms with Crippen molar-refractivity contribution in [2.24, 2.45) is 5.92 Å². The van der Waals surface area contributed by atoms with Crippen molar-refractivity contribution in [1.82, 2.24) is 10.6 Å². The fraction of sp³-hybridized carbons (Fsp3) is 0.667. The summed E-state index contributed by atoms with van der Waals surface area (Å²) in [5, 5.41) is 6.52. The molecule has 1 aliphatic heterocycles. The number of hydrogen-bond donors (Lipinski definition) is 2. The van der Waals surface area contributed by atoms with E-state index >= 15 is 0 Å². The van der Waals surface area contributed by atoms with E-state index in [-0.39, 0.29) is 18.1 Å². The third-order valence-corrected chi connectivity index (χ3v) is 4.81. The highest BCUT2D eigenvalue weighted by molar-refractivity contribution is 5.76. The lowest BCUT2D eigenvalue weighted by molar-refractivity contribution is -0.122. The summed E-state index contributed by atoms with van der Waals surface area (Å²) in [4.78, 5) is 12.1. The van der Waals surface area contributed by atoms with E-state index in [1.54, 1.807) is 0 Å². The number of hydrogen-bond acceptors (Lipinski definition) is 3. The van der Waals surface area contributed by atoms with Crippen molar-refractivity contribution >= 4 is 5.91 Å². The summed E-state index contributed by atoms with van der Waals surface area (Å²) >= 11 is 0. The van der Waals surface area contributed by atoms with Crippen LogP contribution >= 0.6 is 0 Å². The zero-order valence-electron chi connectivity index (χ0n) is 16.0. The van der Waals surface area contributed by atoms with Gasteiger partial charge in [-0.3, -0.25) is 4.79 Å². The number of carbonyl (C=O) groups is 1. The normalized spacial score (nSPS) is 16.6. The van der Waals surface area contributed by atoms with Crippen molar-refractivity contribution in [3.05, 3.63) is 29.8 Å². The second kappa shape index (κ2) is 10.4. The van der Waals surface area contributed by atoms with Gasteiger partial charge in [0.2, 0.25) is 5.91 Å². The summed E-state index contributed by atoms with van der Waals surface area (Å²) < 4.78 is 5.66. The molecule has 0 aromatic heterocycles. The van der Waals surface area contributed by atoms with E-state index in [9.17, 15) is 4.79 Å². The Kier molecular flexibility index (Phi) is 8.26. The van der Waals surface area contributed by atoms with Crippen molar-refractivity contribution < 1.29 is 9.53 Å². The van der Waals surface area contributed by atoms with Crippen LogP contribution in [0.1, 0.15) is 58.4 Å². The van der Waals surface area contributed by atoms with E-state index < -0.39 is 0 Å². The van der Waals surface area contributed by atoms with Gasteiger partial charge in [-0.25, -0.2) is 0 Å². The predicted octanol–water partition coefficient (Wildman–Crippen LogP) is 3.69. The van der Waals surface area contributed by atoms with Crippen LogP contribution in [-0.2, 0) is 11.2 Å². The van der Waals surface area contributed by atoms with Crippen molar-refractivity contribution in [2.75, 3.05) is 13.1 Å². The van der Waals surface area contributed by atoms with Gasteiger partial charge < -0.3 is 15.4 Å². The van der Waals surface area contributed by atoms with Gasteiger partial charge in [-0.2, -0.15) is 0 Å². The van der Waals surface area contributed by atoms with Gasteiger partial charge in [-0.15, -0.1) is 0 Å². The van der Waals surface area contributed by atoms with Crippen LogP contribution in [0.3, 0.4) is 0 Å². The van der Waals surface area contributed by atoms with Gasteiger partial charge in [-0.05, 0) is 89.6 Å². The first-order valence-corrected chi connectivity index (χ1v) is 9.78. The molecule has 0 aliphatic carbocycles. The third-order valence-electron chi connectivity index (χ3n) is 4.81. The summed E-state index contributed by atoms with van der Waals surface area (Å²) in [6.07, 6.45) is 6.24. The fourth-order valence-corrected chi connectivity index (χ4v) is 3.31. The molecule has 4 heteroatoms. The maximum atomic E-state index is 12.1. The van der Waals surface area contributed by atoms with Gasteiger partial charge >= 0.3 is 0 Å². The van der Waals surface area contributed by atoms with E-state index in [0.717, 1.165) is 38.1 Å². The molecule has 0 saturated carbocycles. The largest absolute Gasteiger partial charge is 0.491 e. The molecule has 1 unspecified atom stereocenters. The first-order chi connectivity index (χ1) is 12.0. The minimum Gasteiger partial charge on any atom is -0.491 e. The van der Waals surface area contributed by atoms with Crippen LogP contribution in [0.5, 0.6) is 5.75 Å². The third kappa shape index (κ3) is 7.91. The highest BCUT2D eigenvalue weighted by atomic mass is 16.5. The molecule has 1 atom stereocenters. The number of carbonyl (C=O) groups excluding carboxylic acids is 1. The summed E-state index contributed by atoms with van der Waals surface area (Å²) in [5.41, 5.74) is 1.28. The average molecular weight is 347 g/mol. The van der Waals surface area contributed by atoms with Crippen LogP contribution in [0.25, 0.3) is 0 Å². The molecular weight excluding hydrogens is 312 g/mol. The fourth-order valence-electron chi connectivity index (χ4n) is 3.31. The van der Waals surface area contributed by atoms with Gasteiger partial charge in [0.1, 0.15) is 5.75 Å². The molecule has 1 amide bonds. The lowest BCUT2D eigenvalue weighted by atomic mass is 9.93. The van der Waals surface area contributed by atoms with Gasteiger partial charge in [0.15, 0.2) is 0 Å². The van der Waals surface area contributed by atoms with E-state index in [1.165, 1.54) is 18.4 Å². The van der Waals surface area contributed by atoms with Gasteiger partial charge in [-0.1, -0.05) is 12.1 Å². The van der Waals surface area contributed by atoms with Crippen LogP contribution in [0.15, 0.2) is 24.3 Å². The van der Waals surface area contributed by atoms with E-state index in [2.05, 4.69) is 29.7 Å². The molecule has 4 nitrogen and oxygen atoms in total. The molecular formula is C21H34N2O2. The van der Waals surface area contributed by atoms with Gasteiger partial charge in [0.25, 0.3) is 0 Å². The first kappa shape index (κ1) is 19.8. The lowest BCUT2D eigenvalue weighted by Gasteiger charge is -2.22. The summed E-state index contributed by atoms with van der Waals surface area (Å²) in [5.74, 6) is 1.83. The second-order valence-electron chi connectivity index (χ2n) is 7.55. The predicted molar refractivity (Wildman–Crippen MR) is 103 cm³/mol. The molecule has 0 spiro atoms. The Hall–Kier alpha value is -1.55. The maximum Gasteiger partial charge on any atom is 0.220 e. The SMILES string of the molecule is CC(CCc1ccc(OC(C)C)cc1)NC(=O)CCC1CCNCC1. The molecule has 25 heavy (non-hydrogen) atoms. The van der Waals surface area contributed by atoms with Crippen LogP contribution in [0.2, 0.25) is 0 Å². The van der Waals surface area contributed by atoms with Crippen LogP contribution in [0.4, 0.5) is 0 Å². The summed E-state index contributed by atoms with van der Waals surface area (Å²) in [6, 6.07) is 8.49. The topological polar surface area (TPSA) is 50.4 Å². The molecule has 1 fully saturated rings. The summed E-state index contributed by atoms with van der Waals surface area (Å²) in [6.45, 7) is 8.36. The Morgan fingerprint density at radius 2 is 1.88 bits per heavy atom. The smallest absolute Gasteiger partial charge is 0.220 e. The Morgan fingerprint density at radius 3 is 2.52 bits per heavy atom. The van der Waals surface area contributed by atoms with Gasteiger partial charge in [0, 0.05) is 12.5 Å². The number of rotatable bonds is 9. The molecule has 1 aromatic carbocycles. The number of nitrogens with one attached hydrogen (secondary N) is 2. The minimum atomic E-state index is 0.200. The van der Waals surface area contributed by atoms with E-state index in [4.69, 9.17) is 4.74 Å². The maximum absolute atomic E-state index is 12.1. The van der Waals surface area contributed by atoms with E-state index in [0.29, 0.717) is 12.3 Å². The molecule has 0 bridgehead atoms. The Morgan fingerprint density at radius 1 is 1.20 bits per heavy atom. The number of piperidine rings is 1. The van der Waals surface area contributed by atoms with Crippen molar-refractivity contribution in [2.45, 2.75) is 71.4 Å². The number of benzene rings is 1. The molecule has 1 heterocycles. The summed E-state index contributed by atoms with van der Waals surface area (Å²) in [7, 11) is 0.